The molecule has 2 nitrogen and oxygen atoms in total. The van der Waals surface area contributed by atoms with E-state index >= 15 is 0 Å². The van der Waals surface area contributed by atoms with Crippen LogP contribution in [0.3, 0.4) is 0 Å². The maximum atomic E-state index is 6.26. The van der Waals surface area contributed by atoms with Crippen molar-refractivity contribution in [2.45, 2.75) is 32.9 Å². The number of piperazine rings is 1. The van der Waals surface area contributed by atoms with Gasteiger partial charge in [-0.15, -0.1) is 0 Å². The third-order valence-electron chi connectivity index (χ3n) is 4.05. The van der Waals surface area contributed by atoms with Gasteiger partial charge in [-0.25, -0.2) is 0 Å². The van der Waals surface area contributed by atoms with E-state index in [1.807, 2.05) is 12.1 Å². The molecule has 0 bridgehead atoms. The minimum Gasteiger partial charge on any atom is -0.311 e. The second-order valence-electron chi connectivity index (χ2n) is 5.39. The van der Waals surface area contributed by atoms with Gasteiger partial charge in [0.25, 0.3) is 0 Å². The smallest absolute Gasteiger partial charge is 0.0637 e. The Labute approximate surface area is 126 Å². The van der Waals surface area contributed by atoms with E-state index in [9.17, 15) is 0 Å². The Kier molecular flexibility index (Phi) is 5.52. The molecule has 1 N–H and O–H groups in total. The van der Waals surface area contributed by atoms with Crippen molar-refractivity contribution < 1.29 is 0 Å². The highest BCUT2D eigenvalue weighted by Crippen LogP contribution is 2.27. The van der Waals surface area contributed by atoms with Gasteiger partial charge in [-0.3, -0.25) is 4.90 Å². The summed E-state index contributed by atoms with van der Waals surface area (Å²) in [4.78, 5) is 2.46. The highest BCUT2D eigenvalue weighted by Gasteiger charge is 2.23. The third-order valence-corrected chi connectivity index (χ3v) is 4.90. The van der Waals surface area contributed by atoms with Crippen LogP contribution in [-0.4, -0.2) is 30.6 Å². The van der Waals surface area contributed by atoms with Crippen molar-refractivity contribution in [3.63, 3.8) is 0 Å². The number of hydrogen-bond donors (Lipinski definition) is 1. The van der Waals surface area contributed by atoms with E-state index in [1.165, 1.54) is 6.42 Å². The van der Waals surface area contributed by atoms with E-state index in [1.54, 1.807) is 0 Å². The van der Waals surface area contributed by atoms with Crippen LogP contribution in [0.5, 0.6) is 0 Å². The minimum atomic E-state index is 0.580. The van der Waals surface area contributed by atoms with Crippen molar-refractivity contribution in [2.75, 3.05) is 19.6 Å². The Hall–Kier alpha value is -0.280. The molecular weight excluding hydrogens is 279 g/mol. The summed E-state index contributed by atoms with van der Waals surface area (Å²) in [5.74, 6) is 0.706. The molecule has 2 rings (SSSR count). The number of nitrogens with one attached hydrogen (secondary N) is 1. The maximum absolute atomic E-state index is 6.26. The molecule has 1 heterocycles. The average molecular weight is 301 g/mol. The Morgan fingerprint density at radius 3 is 2.95 bits per heavy atom. The maximum Gasteiger partial charge on any atom is 0.0637 e. The van der Waals surface area contributed by atoms with Crippen molar-refractivity contribution >= 4 is 23.2 Å². The summed E-state index contributed by atoms with van der Waals surface area (Å²) in [5, 5.41) is 4.95. The van der Waals surface area contributed by atoms with E-state index in [2.05, 4.69) is 30.1 Å². The highest BCUT2D eigenvalue weighted by atomic mass is 35.5. The molecule has 1 aromatic rings. The zero-order valence-corrected chi connectivity index (χ0v) is 13.1. The molecule has 2 unspecified atom stereocenters. The summed E-state index contributed by atoms with van der Waals surface area (Å²) in [6.07, 6.45) is 1.21. The summed E-state index contributed by atoms with van der Waals surface area (Å²) < 4.78 is 0. The zero-order valence-electron chi connectivity index (χ0n) is 11.6. The van der Waals surface area contributed by atoms with Crippen LogP contribution in [0.2, 0.25) is 10.0 Å². The van der Waals surface area contributed by atoms with Gasteiger partial charge in [-0.05, 0) is 17.5 Å². The summed E-state index contributed by atoms with van der Waals surface area (Å²) in [7, 11) is 0. The summed E-state index contributed by atoms with van der Waals surface area (Å²) in [6, 6.07) is 6.45. The van der Waals surface area contributed by atoms with E-state index in [0.717, 1.165) is 31.7 Å². The average Bonchev–Trinajstić information content (AvgIpc) is 2.43. The van der Waals surface area contributed by atoms with Gasteiger partial charge in [0.1, 0.15) is 0 Å². The number of hydrogen-bond acceptors (Lipinski definition) is 2. The van der Waals surface area contributed by atoms with Crippen LogP contribution >= 0.6 is 23.2 Å². The van der Waals surface area contributed by atoms with Crippen LogP contribution in [0.1, 0.15) is 25.8 Å². The molecule has 1 aromatic carbocycles. The summed E-state index contributed by atoms with van der Waals surface area (Å²) in [6.45, 7) is 8.64. The topological polar surface area (TPSA) is 15.3 Å². The Bertz CT molecular complexity index is 423. The highest BCUT2D eigenvalue weighted by molar-refractivity contribution is 6.42. The molecule has 0 radical (unpaired) electrons. The Balaban J connectivity index is 2.01. The first-order valence-electron chi connectivity index (χ1n) is 7.00. The second-order valence-corrected chi connectivity index (χ2v) is 6.18. The molecule has 0 aliphatic carbocycles. The number of nitrogens with zero attached hydrogens (tertiary/aromatic N) is 1. The van der Waals surface area contributed by atoms with E-state index in [4.69, 9.17) is 23.2 Å². The fourth-order valence-corrected chi connectivity index (χ4v) is 2.94. The molecule has 0 saturated carbocycles. The van der Waals surface area contributed by atoms with Crippen LogP contribution in [0.25, 0.3) is 0 Å². The van der Waals surface area contributed by atoms with Crippen LogP contribution in [0.15, 0.2) is 18.2 Å². The molecule has 0 amide bonds. The van der Waals surface area contributed by atoms with Gasteiger partial charge in [0.2, 0.25) is 0 Å². The molecule has 1 aliphatic rings. The van der Waals surface area contributed by atoms with E-state index < -0.39 is 0 Å². The number of halogens is 2. The standard InChI is InChI=1S/C15H22Cl2N2/c1-3-11(2)14-10-19(8-7-18-14)9-12-5-4-6-13(16)15(12)17/h4-6,11,14,18H,3,7-10H2,1-2H3. The molecular formula is C15H22Cl2N2. The van der Waals surface area contributed by atoms with E-state index in [0.29, 0.717) is 22.0 Å². The normalized spacial score (nSPS) is 22.4. The van der Waals surface area contributed by atoms with Crippen molar-refractivity contribution in [2.24, 2.45) is 5.92 Å². The Morgan fingerprint density at radius 1 is 1.42 bits per heavy atom. The quantitative estimate of drug-likeness (QED) is 0.909. The largest absolute Gasteiger partial charge is 0.311 e. The van der Waals surface area contributed by atoms with Crippen LogP contribution in [-0.2, 0) is 6.54 Å². The third kappa shape index (κ3) is 3.85. The van der Waals surface area contributed by atoms with Gasteiger partial charge in [0, 0.05) is 32.2 Å². The fourth-order valence-electron chi connectivity index (χ4n) is 2.56. The molecule has 0 spiro atoms. The lowest BCUT2D eigenvalue weighted by Gasteiger charge is -2.36. The monoisotopic (exact) mass is 300 g/mol. The van der Waals surface area contributed by atoms with Gasteiger partial charge in [0.15, 0.2) is 0 Å². The van der Waals surface area contributed by atoms with E-state index in [-0.39, 0.29) is 0 Å². The molecule has 1 fully saturated rings. The SMILES string of the molecule is CCC(C)C1CN(Cc2cccc(Cl)c2Cl)CCN1. The zero-order chi connectivity index (χ0) is 13.8. The first-order chi connectivity index (χ1) is 9.11. The molecule has 106 valence electrons. The van der Waals surface area contributed by atoms with Crippen molar-refractivity contribution in [3.8, 4) is 0 Å². The molecule has 2 atom stereocenters. The predicted octanol–water partition coefficient (Wildman–Crippen LogP) is 3.81. The van der Waals surface area contributed by atoms with Crippen LogP contribution in [0, 0.1) is 5.92 Å². The van der Waals surface area contributed by atoms with Gasteiger partial charge < -0.3 is 5.32 Å². The minimum absolute atomic E-state index is 0.580. The molecule has 1 saturated heterocycles. The first kappa shape index (κ1) is 15.1. The lowest BCUT2D eigenvalue weighted by Crippen LogP contribution is -2.52. The van der Waals surface area contributed by atoms with Gasteiger partial charge >= 0.3 is 0 Å². The van der Waals surface area contributed by atoms with Crippen molar-refractivity contribution in [1.82, 2.24) is 10.2 Å². The lowest BCUT2D eigenvalue weighted by atomic mass is 9.97. The van der Waals surface area contributed by atoms with Crippen LogP contribution in [0.4, 0.5) is 0 Å². The molecule has 4 heteroatoms. The first-order valence-corrected chi connectivity index (χ1v) is 7.76. The number of benzene rings is 1. The summed E-state index contributed by atoms with van der Waals surface area (Å²) in [5.41, 5.74) is 1.12. The van der Waals surface area contributed by atoms with Crippen molar-refractivity contribution in [3.05, 3.63) is 33.8 Å². The van der Waals surface area contributed by atoms with Gasteiger partial charge in [-0.2, -0.15) is 0 Å². The molecule has 1 aliphatic heterocycles. The van der Waals surface area contributed by atoms with Gasteiger partial charge in [-0.1, -0.05) is 55.6 Å². The lowest BCUT2D eigenvalue weighted by molar-refractivity contribution is 0.162. The van der Waals surface area contributed by atoms with Crippen LogP contribution < -0.4 is 5.32 Å². The second kappa shape index (κ2) is 6.94. The fraction of sp³-hybridized carbons (Fsp3) is 0.600. The number of rotatable bonds is 4. The predicted molar refractivity (Wildman–Crippen MR) is 83.0 cm³/mol. The molecule has 0 aromatic heterocycles. The Morgan fingerprint density at radius 2 is 2.21 bits per heavy atom. The van der Waals surface area contributed by atoms with Gasteiger partial charge in [0.05, 0.1) is 10.0 Å². The molecule has 19 heavy (non-hydrogen) atoms. The summed E-state index contributed by atoms with van der Waals surface area (Å²) >= 11 is 12.3. The van der Waals surface area contributed by atoms with Crippen molar-refractivity contribution in [1.29, 1.82) is 0 Å².